The number of amides is 2. The SMILES string of the molecule is CCOc1ccc(C(C)NC(=O)C(C)NC(=O)c2ccc(Cl)cc2)cc1OCC. The number of hydrogen-bond acceptors (Lipinski definition) is 4. The summed E-state index contributed by atoms with van der Waals surface area (Å²) in [7, 11) is 0. The Morgan fingerprint density at radius 1 is 0.931 bits per heavy atom. The predicted octanol–water partition coefficient (Wildman–Crippen LogP) is 4.13. The summed E-state index contributed by atoms with van der Waals surface area (Å²) >= 11 is 5.83. The zero-order valence-electron chi connectivity index (χ0n) is 17.1. The van der Waals surface area contributed by atoms with Crippen LogP contribution in [0.3, 0.4) is 0 Å². The molecule has 29 heavy (non-hydrogen) atoms. The molecule has 156 valence electrons. The van der Waals surface area contributed by atoms with Gasteiger partial charge in [0.15, 0.2) is 11.5 Å². The van der Waals surface area contributed by atoms with Gasteiger partial charge in [-0.25, -0.2) is 0 Å². The monoisotopic (exact) mass is 418 g/mol. The lowest BCUT2D eigenvalue weighted by molar-refractivity contribution is -0.123. The summed E-state index contributed by atoms with van der Waals surface area (Å²) in [6.45, 7) is 8.37. The number of halogens is 1. The molecule has 2 aromatic rings. The normalized spacial score (nSPS) is 12.6. The van der Waals surface area contributed by atoms with E-state index in [1.807, 2.05) is 39.0 Å². The van der Waals surface area contributed by atoms with Gasteiger partial charge in [-0.2, -0.15) is 0 Å². The lowest BCUT2D eigenvalue weighted by Gasteiger charge is -2.20. The molecule has 0 aliphatic heterocycles. The van der Waals surface area contributed by atoms with E-state index in [1.54, 1.807) is 31.2 Å². The van der Waals surface area contributed by atoms with Crippen molar-refractivity contribution in [1.29, 1.82) is 0 Å². The van der Waals surface area contributed by atoms with Crippen LogP contribution in [-0.4, -0.2) is 31.1 Å². The summed E-state index contributed by atoms with van der Waals surface area (Å²) in [6, 6.07) is 11.1. The molecule has 0 bridgehead atoms. The van der Waals surface area contributed by atoms with Crippen molar-refractivity contribution < 1.29 is 19.1 Å². The van der Waals surface area contributed by atoms with E-state index < -0.39 is 6.04 Å². The van der Waals surface area contributed by atoms with E-state index in [1.165, 1.54) is 0 Å². The van der Waals surface area contributed by atoms with Crippen LogP contribution in [-0.2, 0) is 4.79 Å². The maximum Gasteiger partial charge on any atom is 0.251 e. The standard InChI is InChI=1S/C22H27ClN2O4/c1-5-28-19-12-9-17(13-20(19)29-6-2)14(3)24-21(26)15(4)25-22(27)16-7-10-18(23)11-8-16/h7-15H,5-6H2,1-4H3,(H,24,26)(H,25,27). The van der Waals surface area contributed by atoms with Crippen LogP contribution in [0.4, 0.5) is 0 Å². The van der Waals surface area contributed by atoms with Gasteiger partial charge in [-0.05, 0) is 69.7 Å². The molecule has 2 amide bonds. The lowest BCUT2D eigenvalue weighted by atomic mass is 10.1. The summed E-state index contributed by atoms with van der Waals surface area (Å²) in [4.78, 5) is 24.8. The van der Waals surface area contributed by atoms with Gasteiger partial charge in [0, 0.05) is 10.6 Å². The Balaban J connectivity index is 2.00. The van der Waals surface area contributed by atoms with Crippen molar-refractivity contribution in [3.05, 3.63) is 58.6 Å². The van der Waals surface area contributed by atoms with Gasteiger partial charge in [0.2, 0.25) is 5.91 Å². The highest BCUT2D eigenvalue weighted by Gasteiger charge is 2.20. The van der Waals surface area contributed by atoms with Crippen molar-refractivity contribution in [2.75, 3.05) is 13.2 Å². The van der Waals surface area contributed by atoms with Crippen molar-refractivity contribution in [1.82, 2.24) is 10.6 Å². The first-order chi connectivity index (χ1) is 13.8. The second-order valence-corrected chi connectivity index (χ2v) is 6.94. The molecule has 2 aromatic carbocycles. The molecule has 2 N–H and O–H groups in total. The quantitative estimate of drug-likeness (QED) is 0.641. The van der Waals surface area contributed by atoms with Crippen LogP contribution in [0.2, 0.25) is 5.02 Å². The molecule has 0 radical (unpaired) electrons. The van der Waals surface area contributed by atoms with Gasteiger partial charge in [0.25, 0.3) is 5.91 Å². The summed E-state index contributed by atoms with van der Waals surface area (Å²) in [5.41, 5.74) is 1.32. The molecule has 7 heteroatoms. The van der Waals surface area contributed by atoms with Crippen molar-refractivity contribution in [2.24, 2.45) is 0 Å². The van der Waals surface area contributed by atoms with Gasteiger partial charge in [-0.1, -0.05) is 17.7 Å². The van der Waals surface area contributed by atoms with Crippen molar-refractivity contribution >= 4 is 23.4 Å². The van der Waals surface area contributed by atoms with E-state index >= 15 is 0 Å². The largest absolute Gasteiger partial charge is 0.490 e. The van der Waals surface area contributed by atoms with Crippen LogP contribution in [0.5, 0.6) is 11.5 Å². The van der Waals surface area contributed by atoms with E-state index in [4.69, 9.17) is 21.1 Å². The molecule has 2 atom stereocenters. The van der Waals surface area contributed by atoms with Gasteiger partial charge >= 0.3 is 0 Å². The average Bonchev–Trinajstić information content (AvgIpc) is 2.69. The summed E-state index contributed by atoms with van der Waals surface area (Å²) in [5, 5.41) is 6.15. The van der Waals surface area contributed by atoms with E-state index in [-0.39, 0.29) is 17.9 Å². The third-order valence-electron chi connectivity index (χ3n) is 4.27. The smallest absolute Gasteiger partial charge is 0.251 e. The van der Waals surface area contributed by atoms with Gasteiger partial charge in [0.05, 0.1) is 19.3 Å². The van der Waals surface area contributed by atoms with Crippen LogP contribution in [0, 0.1) is 0 Å². The lowest BCUT2D eigenvalue weighted by Crippen LogP contribution is -2.45. The molecular formula is C22H27ClN2O4. The molecule has 0 aromatic heterocycles. The summed E-state index contributed by atoms with van der Waals surface area (Å²) in [6.07, 6.45) is 0. The van der Waals surface area contributed by atoms with E-state index in [2.05, 4.69) is 10.6 Å². The van der Waals surface area contributed by atoms with E-state index in [0.717, 1.165) is 5.56 Å². The molecule has 2 rings (SSSR count). The average molecular weight is 419 g/mol. The Bertz CT molecular complexity index is 839. The second-order valence-electron chi connectivity index (χ2n) is 6.50. The molecule has 0 saturated carbocycles. The fraction of sp³-hybridized carbons (Fsp3) is 0.364. The number of ether oxygens (including phenoxy) is 2. The second kappa shape index (κ2) is 10.7. The predicted molar refractivity (Wildman–Crippen MR) is 114 cm³/mol. The number of carbonyl (C=O) groups is 2. The Morgan fingerprint density at radius 3 is 2.17 bits per heavy atom. The highest BCUT2D eigenvalue weighted by atomic mass is 35.5. The molecular weight excluding hydrogens is 392 g/mol. The maximum atomic E-state index is 12.5. The third-order valence-corrected chi connectivity index (χ3v) is 4.53. The Morgan fingerprint density at radius 2 is 1.55 bits per heavy atom. The minimum atomic E-state index is -0.699. The van der Waals surface area contributed by atoms with Crippen molar-refractivity contribution in [2.45, 2.75) is 39.8 Å². The molecule has 0 heterocycles. The highest BCUT2D eigenvalue weighted by molar-refractivity contribution is 6.30. The minimum Gasteiger partial charge on any atom is -0.490 e. The zero-order chi connectivity index (χ0) is 21.4. The fourth-order valence-corrected chi connectivity index (χ4v) is 2.83. The van der Waals surface area contributed by atoms with Gasteiger partial charge in [-0.3, -0.25) is 9.59 Å². The van der Waals surface area contributed by atoms with Crippen LogP contribution >= 0.6 is 11.6 Å². The number of hydrogen-bond donors (Lipinski definition) is 2. The number of nitrogens with one attached hydrogen (secondary N) is 2. The van der Waals surface area contributed by atoms with Gasteiger partial charge < -0.3 is 20.1 Å². The molecule has 0 fully saturated rings. The molecule has 6 nitrogen and oxygen atoms in total. The Hall–Kier alpha value is -2.73. The summed E-state index contributed by atoms with van der Waals surface area (Å²) < 4.78 is 11.2. The van der Waals surface area contributed by atoms with Crippen LogP contribution < -0.4 is 20.1 Å². The minimum absolute atomic E-state index is 0.271. The van der Waals surface area contributed by atoms with E-state index in [0.29, 0.717) is 35.3 Å². The van der Waals surface area contributed by atoms with Crippen molar-refractivity contribution in [3.8, 4) is 11.5 Å². The Kier molecular flexibility index (Phi) is 8.34. The number of rotatable bonds is 9. The first kappa shape index (κ1) is 22.6. The zero-order valence-corrected chi connectivity index (χ0v) is 17.9. The number of benzene rings is 2. The fourth-order valence-electron chi connectivity index (χ4n) is 2.71. The van der Waals surface area contributed by atoms with E-state index in [9.17, 15) is 9.59 Å². The highest BCUT2D eigenvalue weighted by Crippen LogP contribution is 2.30. The first-order valence-electron chi connectivity index (χ1n) is 9.62. The molecule has 0 saturated heterocycles. The van der Waals surface area contributed by atoms with Gasteiger partial charge in [-0.15, -0.1) is 0 Å². The van der Waals surface area contributed by atoms with Crippen molar-refractivity contribution in [3.63, 3.8) is 0 Å². The van der Waals surface area contributed by atoms with Gasteiger partial charge in [0.1, 0.15) is 6.04 Å². The molecule has 0 aliphatic carbocycles. The topological polar surface area (TPSA) is 76.7 Å². The maximum absolute atomic E-state index is 12.5. The van der Waals surface area contributed by atoms with Crippen LogP contribution in [0.25, 0.3) is 0 Å². The van der Waals surface area contributed by atoms with Crippen LogP contribution in [0.1, 0.15) is 49.7 Å². The molecule has 2 unspecified atom stereocenters. The number of carbonyl (C=O) groups excluding carboxylic acids is 2. The third kappa shape index (κ3) is 6.39. The van der Waals surface area contributed by atoms with Crippen LogP contribution in [0.15, 0.2) is 42.5 Å². The molecule has 0 spiro atoms. The Labute approximate surface area is 176 Å². The molecule has 0 aliphatic rings. The summed E-state index contributed by atoms with van der Waals surface area (Å²) in [5.74, 6) is 0.681. The first-order valence-corrected chi connectivity index (χ1v) is 9.99.